The predicted octanol–water partition coefficient (Wildman–Crippen LogP) is -0.436. The number of nitrogen functional groups attached to an aromatic ring is 1. The van der Waals surface area contributed by atoms with E-state index in [0.29, 0.717) is 6.54 Å². The number of nitrogens with two attached hydrogens (primary N) is 1. The minimum atomic E-state index is -3.53. The van der Waals surface area contributed by atoms with Crippen LogP contribution in [0.25, 0.3) is 0 Å². The molecular formula is C9H19N5O2S. The van der Waals surface area contributed by atoms with Crippen molar-refractivity contribution in [3.8, 4) is 0 Å². The van der Waals surface area contributed by atoms with Gasteiger partial charge in [0, 0.05) is 13.6 Å². The van der Waals surface area contributed by atoms with Crippen molar-refractivity contribution in [2.45, 2.75) is 11.3 Å². The number of rotatable bonds is 6. The molecule has 1 heterocycles. The molecule has 0 aromatic carbocycles. The van der Waals surface area contributed by atoms with Crippen LogP contribution in [0.15, 0.2) is 11.1 Å². The van der Waals surface area contributed by atoms with E-state index in [0.717, 1.165) is 13.0 Å². The van der Waals surface area contributed by atoms with E-state index in [4.69, 9.17) is 5.73 Å². The van der Waals surface area contributed by atoms with E-state index in [1.165, 1.54) is 17.5 Å². The zero-order valence-electron chi connectivity index (χ0n) is 10.3. The van der Waals surface area contributed by atoms with E-state index >= 15 is 0 Å². The Morgan fingerprint density at radius 1 is 1.35 bits per heavy atom. The summed E-state index contributed by atoms with van der Waals surface area (Å²) in [5, 5.41) is 6.03. The molecule has 0 unspecified atom stereocenters. The maximum Gasteiger partial charge on any atom is 0.248 e. The molecule has 8 heteroatoms. The van der Waals surface area contributed by atoms with Gasteiger partial charge in [-0.2, -0.15) is 5.10 Å². The second-order valence-electron chi connectivity index (χ2n) is 4.13. The maximum atomic E-state index is 12.1. The predicted molar refractivity (Wildman–Crippen MR) is 66.0 cm³/mol. The highest BCUT2D eigenvalue weighted by Gasteiger charge is 2.24. The Kier molecular flexibility index (Phi) is 4.49. The van der Waals surface area contributed by atoms with Crippen LogP contribution >= 0.6 is 0 Å². The van der Waals surface area contributed by atoms with Crippen LogP contribution in [0.2, 0.25) is 0 Å². The molecule has 0 aliphatic heterocycles. The molecule has 1 rings (SSSR count). The van der Waals surface area contributed by atoms with Crippen molar-refractivity contribution in [3.63, 3.8) is 0 Å². The molecule has 1 aromatic heterocycles. The third-order valence-electron chi connectivity index (χ3n) is 2.40. The molecule has 17 heavy (non-hydrogen) atoms. The van der Waals surface area contributed by atoms with Crippen molar-refractivity contribution in [3.05, 3.63) is 6.20 Å². The maximum absolute atomic E-state index is 12.1. The van der Waals surface area contributed by atoms with E-state index in [1.807, 2.05) is 19.0 Å². The molecule has 0 fully saturated rings. The normalized spacial score (nSPS) is 12.5. The Morgan fingerprint density at radius 3 is 2.47 bits per heavy atom. The van der Waals surface area contributed by atoms with Crippen LogP contribution < -0.4 is 5.73 Å². The number of H-pyrrole nitrogens is 1. The standard InChI is InChI=1S/C9H19N5O2S/c1-13(2)5-4-6-14(3)17(15,16)8-7-11-12-9(8)10/h7H,4-6H2,1-3H3,(H3,10,11,12). The lowest BCUT2D eigenvalue weighted by atomic mass is 10.4. The Balaban J connectivity index is 2.68. The van der Waals surface area contributed by atoms with Crippen LogP contribution in [0, 0.1) is 0 Å². The highest BCUT2D eigenvalue weighted by atomic mass is 32.2. The first-order valence-corrected chi connectivity index (χ1v) is 6.69. The molecule has 0 bridgehead atoms. The van der Waals surface area contributed by atoms with Gasteiger partial charge >= 0.3 is 0 Å². The van der Waals surface area contributed by atoms with E-state index in [9.17, 15) is 8.42 Å². The summed E-state index contributed by atoms with van der Waals surface area (Å²) in [4.78, 5) is 2.04. The summed E-state index contributed by atoms with van der Waals surface area (Å²) in [5.74, 6) is 0.0736. The minimum Gasteiger partial charge on any atom is -0.383 e. The van der Waals surface area contributed by atoms with E-state index in [1.54, 1.807) is 0 Å². The van der Waals surface area contributed by atoms with Gasteiger partial charge in [-0.1, -0.05) is 0 Å². The summed E-state index contributed by atoms with van der Waals surface area (Å²) >= 11 is 0. The first kappa shape index (κ1) is 13.9. The molecule has 0 saturated carbocycles. The van der Waals surface area contributed by atoms with E-state index in [-0.39, 0.29) is 10.7 Å². The largest absolute Gasteiger partial charge is 0.383 e. The lowest BCUT2D eigenvalue weighted by molar-refractivity contribution is 0.370. The molecule has 0 amide bonds. The second kappa shape index (κ2) is 5.48. The number of aromatic nitrogens is 2. The Hall–Kier alpha value is -1.12. The summed E-state index contributed by atoms with van der Waals surface area (Å²) in [6.07, 6.45) is 1.99. The molecule has 7 nitrogen and oxygen atoms in total. The topological polar surface area (TPSA) is 95.3 Å². The van der Waals surface area contributed by atoms with Gasteiger partial charge in [-0.25, -0.2) is 12.7 Å². The number of anilines is 1. The average Bonchev–Trinajstić information content (AvgIpc) is 2.64. The van der Waals surface area contributed by atoms with Gasteiger partial charge in [-0.3, -0.25) is 5.10 Å². The summed E-state index contributed by atoms with van der Waals surface area (Å²) in [6, 6.07) is 0. The Labute approximate surface area is 102 Å². The summed E-state index contributed by atoms with van der Waals surface area (Å²) in [5.41, 5.74) is 5.51. The first-order valence-electron chi connectivity index (χ1n) is 5.25. The molecule has 1 aromatic rings. The van der Waals surface area contributed by atoms with Gasteiger partial charge in [-0.15, -0.1) is 0 Å². The van der Waals surface area contributed by atoms with Crippen molar-refractivity contribution >= 4 is 15.8 Å². The van der Waals surface area contributed by atoms with E-state index in [2.05, 4.69) is 10.2 Å². The molecule has 0 aliphatic carbocycles. The number of nitrogens with one attached hydrogen (secondary N) is 1. The number of hydrogen-bond acceptors (Lipinski definition) is 5. The number of sulfonamides is 1. The fourth-order valence-electron chi connectivity index (χ4n) is 1.39. The van der Waals surface area contributed by atoms with Gasteiger partial charge in [-0.05, 0) is 27.1 Å². The average molecular weight is 261 g/mol. The molecule has 0 saturated heterocycles. The van der Waals surface area contributed by atoms with Crippen LogP contribution in [-0.2, 0) is 10.0 Å². The van der Waals surface area contributed by atoms with Crippen molar-refractivity contribution in [2.24, 2.45) is 0 Å². The summed E-state index contributed by atoms with van der Waals surface area (Å²) in [7, 11) is 1.90. The van der Waals surface area contributed by atoms with Crippen LogP contribution in [-0.4, -0.2) is 62.1 Å². The summed E-state index contributed by atoms with van der Waals surface area (Å²) in [6.45, 7) is 1.28. The monoisotopic (exact) mass is 261 g/mol. The summed E-state index contributed by atoms with van der Waals surface area (Å²) < 4.78 is 25.4. The van der Waals surface area contributed by atoms with Crippen molar-refractivity contribution in [1.82, 2.24) is 19.4 Å². The van der Waals surface area contributed by atoms with Crippen LogP contribution in [0.3, 0.4) is 0 Å². The number of hydrogen-bond donors (Lipinski definition) is 2. The van der Waals surface area contributed by atoms with Crippen LogP contribution in [0.1, 0.15) is 6.42 Å². The van der Waals surface area contributed by atoms with E-state index < -0.39 is 10.0 Å². The zero-order chi connectivity index (χ0) is 13.1. The zero-order valence-corrected chi connectivity index (χ0v) is 11.2. The van der Waals surface area contributed by atoms with Crippen LogP contribution in [0.5, 0.6) is 0 Å². The second-order valence-corrected chi connectivity index (χ2v) is 6.14. The molecule has 0 aliphatic rings. The third-order valence-corrected chi connectivity index (χ3v) is 4.28. The van der Waals surface area contributed by atoms with Crippen molar-refractivity contribution in [1.29, 1.82) is 0 Å². The molecule has 0 spiro atoms. The van der Waals surface area contributed by atoms with Crippen LogP contribution in [0.4, 0.5) is 5.82 Å². The number of aromatic amines is 1. The SMILES string of the molecule is CN(C)CCCN(C)S(=O)(=O)c1cn[nH]c1N. The van der Waals surface area contributed by atoms with Gasteiger partial charge in [0.2, 0.25) is 10.0 Å². The first-order chi connectivity index (χ1) is 7.85. The van der Waals surface area contributed by atoms with Gasteiger partial charge in [0.15, 0.2) is 0 Å². The van der Waals surface area contributed by atoms with Crippen molar-refractivity contribution in [2.75, 3.05) is 40.0 Å². The van der Waals surface area contributed by atoms with Gasteiger partial charge in [0.1, 0.15) is 10.7 Å². The molecule has 0 radical (unpaired) electrons. The molecular weight excluding hydrogens is 242 g/mol. The quantitative estimate of drug-likeness (QED) is 0.724. The van der Waals surface area contributed by atoms with Gasteiger partial charge in [0.25, 0.3) is 0 Å². The van der Waals surface area contributed by atoms with Gasteiger partial charge < -0.3 is 10.6 Å². The highest BCUT2D eigenvalue weighted by molar-refractivity contribution is 7.89. The Bertz CT molecular complexity index is 454. The lowest BCUT2D eigenvalue weighted by Gasteiger charge is -2.17. The lowest BCUT2D eigenvalue weighted by Crippen LogP contribution is -2.30. The number of nitrogens with zero attached hydrogens (tertiary/aromatic N) is 3. The fourth-order valence-corrected chi connectivity index (χ4v) is 2.60. The third kappa shape index (κ3) is 3.42. The smallest absolute Gasteiger partial charge is 0.248 e. The molecule has 3 N–H and O–H groups in total. The minimum absolute atomic E-state index is 0.0323. The van der Waals surface area contributed by atoms with Gasteiger partial charge in [0.05, 0.1) is 6.20 Å². The van der Waals surface area contributed by atoms with Crippen molar-refractivity contribution < 1.29 is 8.42 Å². The highest BCUT2D eigenvalue weighted by Crippen LogP contribution is 2.18. The molecule has 98 valence electrons. The fraction of sp³-hybridized carbons (Fsp3) is 0.667. The molecule has 0 atom stereocenters. The Morgan fingerprint density at radius 2 is 2.00 bits per heavy atom.